The minimum Gasteiger partial charge on any atom is -0.493 e. The molecule has 1 unspecified atom stereocenters. The quantitative estimate of drug-likeness (QED) is 0.749. The SMILES string of the molecule is CCC(NC(=O)CCc1ccccc1Cl)c1ccc(OC)c(OC)c1. The minimum atomic E-state index is -0.0708. The highest BCUT2D eigenvalue weighted by Gasteiger charge is 2.15. The highest BCUT2D eigenvalue weighted by Crippen LogP contribution is 2.31. The first-order valence-electron chi connectivity index (χ1n) is 8.33. The maximum Gasteiger partial charge on any atom is 0.220 e. The fourth-order valence-electron chi connectivity index (χ4n) is 2.71. The summed E-state index contributed by atoms with van der Waals surface area (Å²) in [7, 11) is 3.20. The van der Waals surface area contributed by atoms with Crippen LogP contribution in [0.15, 0.2) is 42.5 Å². The van der Waals surface area contributed by atoms with Crippen LogP contribution in [0, 0.1) is 0 Å². The average molecular weight is 362 g/mol. The number of nitrogens with one attached hydrogen (secondary N) is 1. The van der Waals surface area contributed by atoms with Gasteiger partial charge in [-0.1, -0.05) is 42.8 Å². The summed E-state index contributed by atoms with van der Waals surface area (Å²) in [6.07, 6.45) is 1.80. The van der Waals surface area contributed by atoms with E-state index in [2.05, 4.69) is 5.32 Å². The molecular formula is C20H24ClNO3. The number of carbonyl (C=O) groups excluding carboxylic acids is 1. The summed E-state index contributed by atoms with van der Waals surface area (Å²) in [5.41, 5.74) is 1.98. The van der Waals surface area contributed by atoms with E-state index < -0.39 is 0 Å². The fraction of sp³-hybridized carbons (Fsp3) is 0.350. The predicted octanol–water partition coefficient (Wildman–Crippen LogP) is 4.56. The maximum atomic E-state index is 12.3. The zero-order valence-corrected chi connectivity index (χ0v) is 15.6. The summed E-state index contributed by atoms with van der Waals surface area (Å²) in [5, 5.41) is 3.78. The molecule has 0 aliphatic rings. The zero-order chi connectivity index (χ0) is 18.2. The summed E-state index contributed by atoms with van der Waals surface area (Å²) >= 11 is 6.14. The Morgan fingerprint density at radius 3 is 2.48 bits per heavy atom. The van der Waals surface area contributed by atoms with E-state index in [0.717, 1.165) is 17.5 Å². The maximum absolute atomic E-state index is 12.3. The van der Waals surface area contributed by atoms with Crippen LogP contribution in [0.5, 0.6) is 11.5 Å². The molecule has 1 N–H and O–H groups in total. The standard InChI is InChI=1S/C20H24ClNO3/c1-4-17(15-9-11-18(24-2)19(13-15)25-3)22-20(23)12-10-14-7-5-6-8-16(14)21/h5-9,11,13,17H,4,10,12H2,1-3H3,(H,22,23). The Hall–Kier alpha value is -2.20. The van der Waals surface area contributed by atoms with Crippen molar-refractivity contribution < 1.29 is 14.3 Å². The second-order valence-corrected chi connectivity index (χ2v) is 6.14. The highest BCUT2D eigenvalue weighted by atomic mass is 35.5. The van der Waals surface area contributed by atoms with Crippen LogP contribution in [0.4, 0.5) is 0 Å². The lowest BCUT2D eigenvalue weighted by molar-refractivity contribution is -0.121. The van der Waals surface area contributed by atoms with Crippen LogP contribution in [0.25, 0.3) is 0 Å². The van der Waals surface area contributed by atoms with Gasteiger partial charge in [0.15, 0.2) is 11.5 Å². The van der Waals surface area contributed by atoms with Gasteiger partial charge in [-0.2, -0.15) is 0 Å². The third-order valence-electron chi connectivity index (χ3n) is 4.13. The third kappa shape index (κ3) is 5.13. The van der Waals surface area contributed by atoms with Gasteiger partial charge in [-0.05, 0) is 42.2 Å². The Balaban J connectivity index is 2.01. The Morgan fingerprint density at radius 1 is 1.12 bits per heavy atom. The van der Waals surface area contributed by atoms with Crippen LogP contribution in [-0.2, 0) is 11.2 Å². The number of halogens is 1. The van der Waals surface area contributed by atoms with Gasteiger partial charge in [0, 0.05) is 11.4 Å². The van der Waals surface area contributed by atoms with E-state index >= 15 is 0 Å². The van der Waals surface area contributed by atoms with Crippen molar-refractivity contribution in [2.75, 3.05) is 14.2 Å². The van der Waals surface area contributed by atoms with E-state index in [1.807, 2.05) is 49.4 Å². The molecule has 1 amide bonds. The number of methoxy groups -OCH3 is 2. The molecule has 0 saturated carbocycles. The van der Waals surface area contributed by atoms with E-state index in [9.17, 15) is 4.79 Å². The van der Waals surface area contributed by atoms with E-state index in [1.54, 1.807) is 14.2 Å². The molecule has 2 rings (SSSR count). The lowest BCUT2D eigenvalue weighted by Crippen LogP contribution is -2.28. The van der Waals surface area contributed by atoms with Gasteiger partial charge in [-0.3, -0.25) is 4.79 Å². The predicted molar refractivity (Wildman–Crippen MR) is 100 cm³/mol. The summed E-state index contributed by atoms with van der Waals surface area (Å²) in [5.74, 6) is 1.33. The molecule has 1 atom stereocenters. The van der Waals surface area contributed by atoms with Gasteiger partial charge in [0.2, 0.25) is 5.91 Å². The van der Waals surface area contributed by atoms with Crippen molar-refractivity contribution in [3.8, 4) is 11.5 Å². The van der Waals surface area contributed by atoms with Gasteiger partial charge in [-0.15, -0.1) is 0 Å². The Morgan fingerprint density at radius 2 is 1.84 bits per heavy atom. The molecule has 25 heavy (non-hydrogen) atoms. The van der Waals surface area contributed by atoms with Crippen LogP contribution in [0.3, 0.4) is 0 Å². The lowest BCUT2D eigenvalue weighted by Gasteiger charge is -2.19. The number of carbonyl (C=O) groups is 1. The summed E-state index contributed by atoms with van der Waals surface area (Å²) in [6.45, 7) is 2.04. The second-order valence-electron chi connectivity index (χ2n) is 5.73. The molecule has 5 heteroatoms. The summed E-state index contributed by atoms with van der Waals surface area (Å²) < 4.78 is 10.6. The van der Waals surface area contributed by atoms with E-state index in [1.165, 1.54) is 0 Å². The summed E-state index contributed by atoms with van der Waals surface area (Å²) in [6, 6.07) is 13.2. The van der Waals surface area contributed by atoms with Gasteiger partial charge in [0.25, 0.3) is 0 Å². The van der Waals surface area contributed by atoms with Gasteiger partial charge in [0.1, 0.15) is 0 Å². The molecule has 134 valence electrons. The minimum absolute atomic E-state index is 0.00144. The molecule has 0 fully saturated rings. The van der Waals surface area contributed by atoms with Crippen LogP contribution in [0.2, 0.25) is 5.02 Å². The second kappa shape index (κ2) is 9.33. The van der Waals surface area contributed by atoms with E-state index in [4.69, 9.17) is 21.1 Å². The van der Waals surface area contributed by atoms with Crippen molar-refractivity contribution in [2.24, 2.45) is 0 Å². The number of amides is 1. The lowest BCUT2D eigenvalue weighted by atomic mass is 10.0. The van der Waals surface area contributed by atoms with Crippen molar-refractivity contribution in [3.63, 3.8) is 0 Å². The Labute approximate surface area is 154 Å². The van der Waals surface area contributed by atoms with Crippen molar-refractivity contribution in [2.45, 2.75) is 32.2 Å². The molecule has 0 spiro atoms. The Kier molecular flexibility index (Phi) is 7.14. The van der Waals surface area contributed by atoms with Crippen molar-refractivity contribution in [1.82, 2.24) is 5.32 Å². The van der Waals surface area contributed by atoms with Gasteiger partial charge >= 0.3 is 0 Å². The molecular weight excluding hydrogens is 338 g/mol. The monoisotopic (exact) mass is 361 g/mol. The van der Waals surface area contributed by atoms with Crippen molar-refractivity contribution in [1.29, 1.82) is 0 Å². The van der Waals surface area contributed by atoms with Gasteiger partial charge in [0.05, 0.1) is 20.3 Å². The summed E-state index contributed by atoms with van der Waals surface area (Å²) in [4.78, 5) is 12.3. The molecule has 0 radical (unpaired) electrons. The first-order chi connectivity index (χ1) is 12.1. The molecule has 0 bridgehead atoms. The molecule has 2 aromatic rings. The largest absolute Gasteiger partial charge is 0.493 e. The number of benzene rings is 2. The van der Waals surface area contributed by atoms with Crippen LogP contribution >= 0.6 is 11.6 Å². The number of rotatable bonds is 8. The Bertz CT molecular complexity index is 718. The fourth-order valence-corrected chi connectivity index (χ4v) is 2.94. The molecule has 0 heterocycles. The molecule has 0 aromatic heterocycles. The van der Waals surface area contributed by atoms with E-state index in [-0.39, 0.29) is 11.9 Å². The van der Waals surface area contributed by atoms with Crippen molar-refractivity contribution >= 4 is 17.5 Å². The first kappa shape index (κ1) is 19.1. The van der Waals surface area contributed by atoms with Crippen LogP contribution in [-0.4, -0.2) is 20.1 Å². The smallest absolute Gasteiger partial charge is 0.220 e. The highest BCUT2D eigenvalue weighted by molar-refractivity contribution is 6.31. The number of hydrogen-bond donors (Lipinski definition) is 1. The molecule has 4 nitrogen and oxygen atoms in total. The van der Waals surface area contributed by atoms with Gasteiger partial charge < -0.3 is 14.8 Å². The number of aryl methyl sites for hydroxylation is 1. The molecule has 0 saturated heterocycles. The van der Waals surface area contributed by atoms with Crippen LogP contribution in [0.1, 0.15) is 36.9 Å². The molecule has 0 aliphatic carbocycles. The molecule has 0 aliphatic heterocycles. The van der Waals surface area contributed by atoms with Crippen LogP contribution < -0.4 is 14.8 Å². The van der Waals surface area contributed by atoms with Gasteiger partial charge in [-0.25, -0.2) is 0 Å². The topological polar surface area (TPSA) is 47.6 Å². The number of hydrogen-bond acceptors (Lipinski definition) is 3. The van der Waals surface area contributed by atoms with E-state index in [0.29, 0.717) is 29.4 Å². The average Bonchev–Trinajstić information content (AvgIpc) is 2.64. The van der Waals surface area contributed by atoms with Crippen molar-refractivity contribution in [3.05, 3.63) is 58.6 Å². The third-order valence-corrected chi connectivity index (χ3v) is 4.50. The molecule has 2 aromatic carbocycles. The zero-order valence-electron chi connectivity index (χ0n) is 14.8. The normalized spacial score (nSPS) is 11.7. The first-order valence-corrected chi connectivity index (χ1v) is 8.71. The number of ether oxygens (including phenoxy) is 2.